The van der Waals surface area contributed by atoms with Crippen molar-refractivity contribution in [2.24, 2.45) is 0 Å². The Balaban J connectivity index is 1.15. The van der Waals surface area contributed by atoms with Crippen molar-refractivity contribution in [3.63, 3.8) is 0 Å². The Morgan fingerprint density at radius 2 is 1.66 bits per heavy atom. The van der Waals surface area contributed by atoms with Crippen molar-refractivity contribution in [1.82, 2.24) is 29.4 Å². The number of pyridine rings is 1. The van der Waals surface area contributed by atoms with Crippen LogP contribution in [0.5, 0.6) is 0 Å². The lowest BCUT2D eigenvalue weighted by Gasteiger charge is -2.33. The minimum absolute atomic E-state index is 0.0470. The molecular formula is C26H27N7O2. The predicted molar refractivity (Wildman–Crippen MR) is 133 cm³/mol. The molecule has 0 unspecified atom stereocenters. The van der Waals surface area contributed by atoms with Crippen LogP contribution in [0.4, 0.5) is 5.82 Å². The first-order chi connectivity index (χ1) is 17.2. The van der Waals surface area contributed by atoms with Crippen molar-refractivity contribution in [3.8, 4) is 0 Å². The van der Waals surface area contributed by atoms with E-state index in [1.54, 1.807) is 6.20 Å². The highest BCUT2D eigenvalue weighted by atomic mass is 16.2. The molecule has 1 fully saturated rings. The summed E-state index contributed by atoms with van der Waals surface area (Å²) in [5, 5.41) is 0. The first-order valence-corrected chi connectivity index (χ1v) is 12.2. The summed E-state index contributed by atoms with van der Waals surface area (Å²) < 4.78 is 1.83. The van der Waals surface area contributed by atoms with Crippen LogP contribution in [-0.4, -0.2) is 61.5 Å². The Kier molecular flexibility index (Phi) is 5.52. The van der Waals surface area contributed by atoms with Gasteiger partial charge >= 0.3 is 5.69 Å². The van der Waals surface area contributed by atoms with Gasteiger partial charge in [-0.25, -0.2) is 19.7 Å². The summed E-state index contributed by atoms with van der Waals surface area (Å²) in [7, 11) is 0. The molecule has 4 aromatic rings. The Morgan fingerprint density at radius 1 is 0.914 bits per heavy atom. The Labute approximate surface area is 202 Å². The van der Waals surface area contributed by atoms with Crippen molar-refractivity contribution >= 4 is 22.9 Å². The molecule has 2 aliphatic rings. The van der Waals surface area contributed by atoms with Gasteiger partial charge in [0.25, 0.3) is 5.91 Å². The first kappa shape index (κ1) is 21.5. The number of rotatable bonds is 3. The molecule has 9 heteroatoms. The molecule has 0 saturated carbocycles. The zero-order valence-electron chi connectivity index (χ0n) is 19.4. The Hall–Kier alpha value is -4.01. The topological polar surface area (TPSA) is 100 Å². The molecule has 0 aliphatic carbocycles. The molecule has 178 valence electrons. The lowest BCUT2D eigenvalue weighted by molar-refractivity contribution is 0.0757. The molecule has 1 N–H and O–H groups in total. The average molecular weight is 470 g/mol. The van der Waals surface area contributed by atoms with Gasteiger partial charge < -0.3 is 9.80 Å². The maximum absolute atomic E-state index is 13.3. The van der Waals surface area contributed by atoms with E-state index in [4.69, 9.17) is 0 Å². The van der Waals surface area contributed by atoms with E-state index in [1.165, 1.54) is 17.5 Å². The van der Waals surface area contributed by atoms with Gasteiger partial charge in [-0.3, -0.25) is 14.3 Å². The van der Waals surface area contributed by atoms with E-state index in [0.29, 0.717) is 24.4 Å². The highest BCUT2D eigenvalue weighted by molar-refractivity contribution is 5.93. The van der Waals surface area contributed by atoms with Crippen LogP contribution in [-0.2, 0) is 12.8 Å². The highest BCUT2D eigenvalue weighted by Crippen LogP contribution is 2.27. The molecule has 6 rings (SSSR count). The van der Waals surface area contributed by atoms with Gasteiger partial charge in [0.2, 0.25) is 0 Å². The van der Waals surface area contributed by atoms with Crippen LogP contribution < -0.4 is 10.6 Å². The molecule has 3 aromatic heterocycles. The summed E-state index contributed by atoms with van der Waals surface area (Å²) in [4.78, 5) is 45.8. The summed E-state index contributed by atoms with van der Waals surface area (Å²) in [6.07, 6.45) is 6.49. The number of anilines is 1. The van der Waals surface area contributed by atoms with Gasteiger partial charge in [-0.15, -0.1) is 0 Å². The van der Waals surface area contributed by atoms with Gasteiger partial charge in [0.15, 0.2) is 5.65 Å². The van der Waals surface area contributed by atoms with Gasteiger partial charge in [-0.1, -0.05) is 24.3 Å². The number of aromatic amines is 1. The summed E-state index contributed by atoms with van der Waals surface area (Å²) >= 11 is 0. The number of carbonyl (C=O) groups is 1. The van der Waals surface area contributed by atoms with Crippen LogP contribution in [0.3, 0.4) is 0 Å². The summed E-state index contributed by atoms with van der Waals surface area (Å²) in [5.74, 6) is 0.710. The van der Waals surface area contributed by atoms with Crippen LogP contribution in [0.1, 0.15) is 40.5 Å². The van der Waals surface area contributed by atoms with Gasteiger partial charge in [-0.05, 0) is 48.9 Å². The maximum Gasteiger partial charge on any atom is 0.327 e. The second-order valence-corrected chi connectivity index (χ2v) is 9.21. The number of imidazole rings is 1. The van der Waals surface area contributed by atoms with Crippen LogP contribution in [0.15, 0.2) is 59.8 Å². The van der Waals surface area contributed by atoms with Crippen LogP contribution >= 0.6 is 0 Å². The number of aromatic nitrogens is 5. The SMILES string of the molecule is O=C(c1cc(N2CCC(n3c(=O)[nH]c4ncccc43)CC2)ncn1)N1CCc2ccccc2CC1. The van der Waals surface area contributed by atoms with E-state index in [2.05, 4.69) is 49.1 Å². The van der Waals surface area contributed by atoms with E-state index < -0.39 is 0 Å². The molecule has 5 heterocycles. The molecule has 0 bridgehead atoms. The zero-order valence-corrected chi connectivity index (χ0v) is 19.4. The van der Waals surface area contributed by atoms with Crippen LogP contribution in [0, 0.1) is 0 Å². The number of nitrogens with one attached hydrogen (secondary N) is 1. The smallest absolute Gasteiger partial charge is 0.327 e. The second kappa shape index (κ2) is 8.98. The van der Waals surface area contributed by atoms with Crippen molar-refractivity contribution in [3.05, 3.63) is 82.3 Å². The first-order valence-electron chi connectivity index (χ1n) is 12.2. The van der Waals surface area contributed by atoms with Crippen molar-refractivity contribution < 1.29 is 4.79 Å². The highest BCUT2D eigenvalue weighted by Gasteiger charge is 2.26. The number of H-pyrrole nitrogens is 1. The number of fused-ring (bicyclic) bond motifs is 2. The van der Waals surface area contributed by atoms with Crippen molar-refractivity contribution in [2.75, 3.05) is 31.1 Å². The second-order valence-electron chi connectivity index (χ2n) is 9.21. The third-order valence-electron chi connectivity index (χ3n) is 7.22. The molecule has 35 heavy (non-hydrogen) atoms. The molecule has 0 spiro atoms. The van der Waals surface area contributed by atoms with E-state index >= 15 is 0 Å². The average Bonchev–Trinajstić information content (AvgIpc) is 3.09. The number of nitrogens with zero attached hydrogens (tertiary/aromatic N) is 6. The van der Waals surface area contributed by atoms with Gasteiger partial charge in [0.1, 0.15) is 17.8 Å². The molecule has 1 amide bonds. The fourth-order valence-electron chi connectivity index (χ4n) is 5.34. The van der Waals surface area contributed by atoms with Gasteiger partial charge in [-0.2, -0.15) is 0 Å². The molecule has 2 aliphatic heterocycles. The number of amides is 1. The Morgan fingerprint density at radius 3 is 2.40 bits per heavy atom. The maximum atomic E-state index is 13.3. The minimum Gasteiger partial charge on any atom is -0.356 e. The molecular weight excluding hydrogens is 442 g/mol. The number of benzene rings is 1. The number of piperidine rings is 1. The minimum atomic E-state index is -0.119. The summed E-state index contributed by atoms with van der Waals surface area (Å²) in [6.45, 7) is 2.87. The van der Waals surface area contributed by atoms with Crippen LogP contribution in [0.25, 0.3) is 11.2 Å². The molecule has 1 aromatic carbocycles. The largest absolute Gasteiger partial charge is 0.356 e. The molecule has 1 saturated heterocycles. The fourth-order valence-corrected chi connectivity index (χ4v) is 5.34. The molecule has 0 atom stereocenters. The van der Waals surface area contributed by atoms with E-state index in [0.717, 1.165) is 50.1 Å². The fraction of sp³-hybridized carbons (Fsp3) is 0.346. The van der Waals surface area contributed by atoms with Crippen LogP contribution in [0.2, 0.25) is 0 Å². The quantitative estimate of drug-likeness (QED) is 0.495. The van der Waals surface area contributed by atoms with E-state index in [1.807, 2.05) is 27.7 Å². The molecule has 9 nitrogen and oxygen atoms in total. The number of hydrogen-bond donors (Lipinski definition) is 1. The molecule has 0 radical (unpaired) electrons. The summed E-state index contributed by atoms with van der Waals surface area (Å²) in [6, 6.07) is 14.1. The number of carbonyl (C=O) groups excluding carboxylic acids is 1. The standard InChI is InChI=1S/C26H27N7O2/c34-25(32-12-7-18-4-1-2-5-19(18)8-13-32)21-16-23(29-17-28-21)31-14-9-20(10-15-31)33-22-6-3-11-27-24(22)30-26(33)35/h1-6,11,16-17,20H,7-10,12-15H2,(H,27,30,35). The monoisotopic (exact) mass is 469 g/mol. The van der Waals surface area contributed by atoms with Gasteiger partial charge in [0, 0.05) is 44.5 Å². The predicted octanol–water partition coefficient (Wildman–Crippen LogP) is 2.60. The summed E-state index contributed by atoms with van der Waals surface area (Å²) in [5.41, 5.74) is 4.41. The lowest BCUT2D eigenvalue weighted by atomic mass is 10.0. The van der Waals surface area contributed by atoms with Crippen molar-refractivity contribution in [1.29, 1.82) is 0 Å². The third-order valence-corrected chi connectivity index (χ3v) is 7.22. The number of hydrogen-bond acceptors (Lipinski definition) is 6. The third kappa shape index (κ3) is 4.07. The van der Waals surface area contributed by atoms with E-state index in [9.17, 15) is 9.59 Å². The van der Waals surface area contributed by atoms with E-state index in [-0.39, 0.29) is 17.6 Å². The lowest BCUT2D eigenvalue weighted by Crippen LogP contribution is -2.38. The normalized spacial score (nSPS) is 16.8. The van der Waals surface area contributed by atoms with Gasteiger partial charge in [0.05, 0.1) is 5.52 Å². The Bertz CT molecular complexity index is 1410. The van der Waals surface area contributed by atoms with Crippen molar-refractivity contribution in [2.45, 2.75) is 31.7 Å². The zero-order chi connectivity index (χ0) is 23.8.